The number of nitrogens with zero attached hydrogens (tertiary/aromatic N) is 1. The molecular formula is C30H31N3O4S. The number of esters is 1. The van der Waals surface area contributed by atoms with Crippen LogP contribution in [0.2, 0.25) is 0 Å². The number of rotatable bonds is 9. The molecule has 1 unspecified atom stereocenters. The van der Waals surface area contributed by atoms with Crippen molar-refractivity contribution in [2.75, 3.05) is 19.7 Å². The average molecular weight is 530 g/mol. The lowest BCUT2D eigenvalue weighted by atomic mass is 9.90. The number of thiocarbonyl (C=S) groups is 1. The molecule has 0 saturated carbocycles. The number of piperazine rings is 1. The molecule has 8 heteroatoms. The van der Waals surface area contributed by atoms with Gasteiger partial charge in [0.1, 0.15) is 6.04 Å². The van der Waals surface area contributed by atoms with Crippen LogP contribution in [0.3, 0.4) is 0 Å². The van der Waals surface area contributed by atoms with Gasteiger partial charge in [-0.15, -0.1) is 0 Å². The van der Waals surface area contributed by atoms with Gasteiger partial charge in [-0.25, -0.2) is 0 Å². The molecule has 0 radical (unpaired) electrons. The highest BCUT2D eigenvalue weighted by Crippen LogP contribution is 2.25. The maximum atomic E-state index is 13.5. The third-order valence-corrected chi connectivity index (χ3v) is 6.76. The Morgan fingerprint density at radius 2 is 1.53 bits per heavy atom. The van der Waals surface area contributed by atoms with Crippen LogP contribution in [-0.4, -0.2) is 53.5 Å². The van der Waals surface area contributed by atoms with Gasteiger partial charge in [-0.3, -0.25) is 14.4 Å². The highest BCUT2D eigenvalue weighted by molar-refractivity contribution is 7.80. The first-order chi connectivity index (χ1) is 18.5. The van der Waals surface area contributed by atoms with Crippen LogP contribution in [0.15, 0.2) is 91.0 Å². The molecule has 3 aromatic carbocycles. The smallest absolute Gasteiger partial charge is 0.308 e. The van der Waals surface area contributed by atoms with Crippen molar-refractivity contribution in [1.29, 1.82) is 0 Å². The Balaban J connectivity index is 1.38. The van der Waals surface area contributed by atoms with Crippen molar-refractivity contribution in [2.24, 2.45) is 0 Å². The summed E-state index contributed by atoms with van der Waals surface area (Å²) >= 11 is 5.57. The fourth-order valence-electron chi connectivity index (χ4n) is 4.52. The van der Waals surface area contributed by atoms with Gasteiger partial charge in [0.15, 0.2) is 5.11 Å². The SMILES string of the molecule is O=C(CC1C(=O)NCCN1C(=S)NC(=O)C(c1ccccc1)c1ccccc1)OCCCc1ccccc1. The van der Waals surface area contributed by atoms with Crippen molar-refractivity contribution < 1.29 is 19.1 Å². The van der Waals surface area contributed by atoms with Gasteiger partial charge < -0.3 is 20.3 Å². The highest BCUT2D eigenvalue weighted by Gasteiger charge is 2.35. The number of nitrogens with one attached hydrogen (secondary N) is 2. The zero-order valence-corrected chi connectivity index (χ0v) is 21.9. The third-order valence-electron chi connectivity index (χ3n) is 6.43. The van der Waals surface area contributed by atoms with E-state index in [9.17, 15) is 14.4 Å². The van der Waals surface area contributed by atoms with Crippen LogP contribution in [0.1, 0.15) is 35.4 Å². The van der Waals surface area contributed by atoms with Crippen molar-refractivity contribution in [2.45, 2.75) is 31.2 Å². The Bertz CT molecular complexity index is 1200. The molecule has 2 amide bonds. The molecule has 1 saturated heterocycles. The molecule has 38 heavy (non-hydrogen) atoms. The van der Waals surface area contributed by atoms with Crippen molar-refractivity contribution in [3.8, 4) is 0 Å². The Morgan fingerprint density at radius 3 is 2.13 bits per heavy atom. The molecule has 7 nitrogen and oxygen atoms in total. The third kappa shape index (κ3) is 7.26. The Labute approximate surface area is 228 Å². The second-order valence-corrected chi connectivity index (χ2v) is 9.45. The van der Waals surface area contributed by atoms with Crippen LogP contribution in [-0.2, 0) is 25.5 Å². The molecule has 1 aliphatic rings. The summed E-state index contributed by atoms with van der Waals surface area (Å²) in [5.41, 5.74) is 2.82. The molecule has 1 fully saturated rings. The molecule has 4 rings (SSSR count). The second-order valence-electron chi connectivity index (χ2n) is 9.06. The van der Waals surface area contributed by atoms with Crippen LogP contribution in [0.25, 0.3) is 0 Å². The fraction of sp³-hybridized carbons (Fsp3) is 0.267. The summed E-state index contributed by atoms with van der Waals surface area (Å²) in [4.78, 5) is 40.3. The van der Waals surface area contributed by atoms with Gasteiger partial charge in [-0.05, 0) is 41.7 Å². The van der Waals surface area contributed by atoms with Crippen LogP contribution in [0, 0.1) is 0 Å². The molecular weight excluding hydrogens is 498 g/mol. The van der Waals surface area contributed by atoms with Gasteiger partial charge in [-0.1, -0.05) is 91.0 Å². The van der Waals surface area contributed by atoms with Crippen molar-refractivity contribution in [1.82, 2.24) is 15.5 Å². The molecule has 0 aromatic heterocycles. The second kappa shape index (κ2) is 13.5. The Kier molecular flexibility index (Phi) is 9.59. The van der Waals surface area contributed by atoms with E-state index in [0.717, 1.165) is 17.5 Å². The molecule has 196 valence electrons. The summed E-state index contributed by atoms with van der Waals surface area (Å²) in [5.74, 6) is -1.69. The minimum Gasteiger partial charge on any atom is -0.466 e. The maximum Gasteiger partial charge on any atom is 0.308 e. The van der Waals surface area contributed by atoms with Crippen LogP contribution >= 0.6 is 12.2 Å². The molecule has 3 aromatic rings. The summed E-state index contributed by atoms with van der Waals surface area (Å²) in [6, 6.07) is 28.0. The summed E-state index contributed by atoms with van der Waals surface area (Å²) in [6.45, 7) is 0.996. The van der Waals surface area contributed by atoms with Crippen LogP contribution < -0.4 is 10.6 Å². The van der Waals surface area contributed by atoms with E-state index in [1.165, 1.54) is 5.56 Å². The predicted octanol–water partition coefficient (Wildman–Crippen LogP) is 3.59. The van der Waals surface area contributed by atoms with E-state index in [1.807, 2.05) is 91.0 Å². The number of benzene rings is 3. The van der Waals surface area contributed by atoms with Crippen LogP contribution in [0.5, 0.6) is 0 Å². The van der Waals surface area contributed by atoms with E-state index in [1.54, 1.807) is 4.90 Å². The molecule has 0 bridgehead atoms. The largest absolute Gasteiger partial charge is 0.466 e. The van der Waals surface area contributed by atoms with Gasteiger partial charge >= 0.3 is 5.97 Å². The quantitative estimate of drug-likeness (QED) is 0.250. The number of ether oxygens (including phenoxy) is 1. The lowest BCUT2D eigenvalue weighted by Crippen LogP contribution is -2.60. The van der Waals surface area contributed by atoms with Crippen molar-refractivity contribution >= 4 is 35.1 Å². The Morgan fingerprint density at radius 1 is 0.947 bits per heavy atom. The minimum atomic E-state index is -0.856. The molecule has 2 N–H and O–H groups in total. The van der Waals surface area contributed by atoms with E-state index in [4.69, 9.17) is 17.0 Å². The maximum absolute atomic E-state index is 13.5. The molecule has 1 aliphatic heterocycles. The van der Waals surface area contributed by atoms with E-state index in [2.05, 4.69) is 10.6 Å². The van der Waals surface area contributed by atoms with E-state index < -0.39 is 17.9 Å². The number of carbonyl (C=O) groups excluding carboxylic acids is 3. The monoisotopic (exact) mass is 529 g/mol. The predicted molar refractivity (Wildman–Crippen MR) is 149 cm³/mol. The highest BCUT2D eigenvalue weighted by atomic mass is 32.1. The summed E-state index contributed by atoms with van der Waals surface area (Å²) < 4.78 is 5.40. The van der Waals surface area contributed by atoms with E-state index in [-0.39, 0.29) is 30.0 Å². The average Bonchev–Trinajstić information content (AvgIpc) is 2.94. The lowest BCUT2D eigenvalue weighted by Gasteiger charge is -2.36. The van der Waals surface area contributed by atoms with Gasteiger partial charge in [0.25, 0.3) is 0 Å². The number of amides is 2. The topological polar surface area (TPSA) is 87.7 Å². The van der Waals surface area contributed by atoms with Crippen LogP contribution in [0.4, 0.5) is 0 Å². The van der Waals surface area contributed by atoms with Gasteiger partial charge in [0.2, 0.25) is 11.8 Å². The normalized spacial score (nSPS) is 15.0. The van der Waals surface area contributed by atoms with Crippen molar-refractivity contribution in [3.63, 3.8) is 0 Å². The molecule has 1 atom stereocenters. The summed E-state index contributed by atoms with van der Waals surface area (Å²) in [5, 5.41) is 5.72. The molecule has 0 aliphatic carbocycles. The lowest BCUT2D eigenvalue weighted by molar-refractivity contribution is -0.147. The zero-order chi connectivity index (χ0) is 26.7. The molecule has 0 spiro atoms. The van der Waals surface area contributed by atoms with Gasteiger partial charge in [0.05, 0.1) is 18.9 Å². The number of aryl methyl sites for hydroxylation is 1. The molecule has 1 heterocycles. The standard InChI is InChI=1S/C30H31N3O4S/c34-26(37-20-10-13-22-11-4-1-5-12-22)21-25-28(35)31-18-19-33(25)30(38)32-29(36)27(23-14-6-2-7-15-23)24-16-8-3-9-17-24/h1-9,11-12,14-17,25,27H,10,13,18-21H2,(H,31,35)(H,32,36,38). The van der Waals surface area contributed by atoms with Gasteiger partial charge in [-0.2, -0.15) is 0 Å². The summed E-state index contributed by atoms with van der Waals surface area (Å²) in [7, 11) is 0. The van der Waals surface area contributed by atoms with E-state index >= 15 is 0 Å². The number of hydrogen-bond donors (Lipinski definition) is 2. The zero-order valence-electron chi connectivity index (χ0n) is 21.0. The number of carbonyl (C=O) groups is 3. The van der Waals surface area contributed by atoms with Gasteiger partial charge in [0, 0.05) is 13.1 Å². The number of hydrogen-bond acceptors (Lipinski definition) is 5. The first-order valence-corrected chi connectivity index (χ1v) is 13.1. The van der Waals surface area contributed by atoms with E-state index in [0.29, 0.717) is 19.5 Å². The fourth-order valence-corrected chi connectivity index (χ4v) is 4.84. The Hall–Kier alpha value is -4.04. The first-order valence-electron chi connectivity index (χ1n) is 12.7. The van der Waals surface area contributed by atoms with Crippen molar-refractivity contribution in [3.05, 3.63) is 108 Å². The first kappa shape index (κ1) is 27.0. The minimum absolute atomic E-state index is 0.114. The summed E-state index contributed by atoms with van der Waals surface area (Å²) in [6.07, 6.45) is 1.32.